The van der Waals surface area contributed by atoms with E-state index in [1.54, 1.807) is 0 Å². The lowest BCUT2D eigenvalue weighted by Crippen LogP contribution is -2.37. The van der Waals surface area contributed by atoms with Crippen LogP contribution in [0.3, 0.4) is 0 Å². The normalized spacial score (nSPS) is 13.8. The van der Waals surface area contributed by atoms with Crippen molar-refractivity contribution in [1.82, 2.24) is 4.90 Å². The molecule has 0 aliphatic rings. The molecule has 0 fully saturated rings. The summed E-state index contributed by atoms with van der Waals surface area (Å²) in [4.78, 5) is 12.0. The van der Waals surface area contributed by atoms with Gasteiger partial charge < -0.3 is 10.0 Å². The van der Waals surface area contributed by atoms with E-state index in [-0.39, 0.29) is 6.54 Å². The average Bonchev–Trinajstić information content (AvgIpc) is 1.97. The SMILES string of the molecule is CC(O)C(=O)N(C)CCS(=O)(=O)O. The highest BCUT2D eigenvalue weighted by Crippen LogP contribution is 1.92. The lowest BCUT2D eigenvalue weighted by atomic mass is 10.3. The highest BCUT2D eigenvalue weighted by atomic mass is 32.2. The molecule has 0 spiro atoms. The summed E-state index contributed by atoms with van der Waals surface area (Å²) in [6, 6.07) is 0. The van der Waals surface area contributed by atoms with Gasteiger partial charge in [-0.2, -0.15) is 8.42 Å². The van der Waals surface area contributed by atoms with Gasteiger partial charge in [0.1, 0.15) is 6.10 Å². The van der Waals surface area contributed by atoms with Crippen molar-refractivity contribution in [2.45, 2.75) is 13.0 Å². The first-order valence-electron chi connectivity index (χ1n) is 3.62. The van der Waals surface area contributed by atoms with Crippen LogP contribution in [0, 0.1) is 0 Å². The van der Waals surface area contributed by atoms with E-state index in [4.69, 9.17) is 9.66 Å². The minimum absolute atomic E-state index is 0.136. The topological polar surface area (TPSA) is 94.9 Å². The van der Waals surface area contributed by atoms with Gasteiger partial charge in [0, 0.05) is 13.6 Å². The fourth-order valence-electron chi connectivity index (χ4n) is 0.681. The number of aliphatic hydroxyl groups is 1. The van der Waals surface area contributed by atoms with Gasteiger partial charge in [0.2, 0.25) is 0 Å². The van der Waals surface area contributed by atoms with Gasteiger partial charge in [0.25, 0.3) is 16.0 Å². The van der Waals surface area contributed by atoms with Crippen molar-refractivity contribution in [3.05, 3.63) is 0 Å². The molecule has 0 saturated carbocycles. The number of hydrogen-bond donors (Lipinski definition) is 2. The van der Waals surface area contributed by atoms with E-state index in [1.807, 2.05) is 0 Å². The second kappa shape index (κ2) is 4.54. The lowest BCUT2D eigenvalue weighted by molar-refractivity contribution is -0.137. The standard InChI is InChI=1S/C6H13NO5S/c1-5(8)6(9)7(2)3-4-13(10,11)12/h5,8H,3-4H2,1-2H3,(H,10,11,12). The Morgan fingerprint density at radius 1 is 1.54 bits per heavy atom. The second-order valence-corrected chi connectivity index (χ2v) is 4.29. The molecule has 2 N–H and O–H groups in total. The molecule has 1 atom stereocenters. The lowest BCUT2D eigenvalue weighted by Gasteiger charge is -2.17. The maximum absolute atomic E-state index is 11.0. The Balaban J connectivity index is 4.03. The van der Waals surface area contributed by atoms with Crippen LogP contribution >= 0.6 is 0 Å². The molecule has 0 bridgehead atoms. The molecule has 0 aromatic rings. The molecule has 78 valence electrons. The zero-order chi connectivity index (χ0) is 10.6. The third kappa shape index (κ3) is 5.56. The van der Waals surface area contributed by atoms with Crippen LogP contribution in [-0.2, 0) is 14.9 Å². The maximum Gasteiger partial charge on any atom is 0.266 e. The third-order valence-electron chi connectivity index (χ3n) is 1.42. The summed E-state index contributed by atoms with van der Waals surface area (Å²) in [5.74, 6) is -1.11. The maximum atomic E-state index is 11.0. The number of nitrogens with zero attached hydrogens (tertiary/aromatic N) is 1. The molecule has 0 aliphatic heterocycles. The summed E-state index contributed by atoms with van der Waals surface area (Å²) in [6.07, 6.45) is -1.16. The number of carbonyl (C=O) groups is 1. The van der Waals surface area contributed by atoms with E-state index in [0.29, 0.717) is 0 Å². The van der Waals surface area contributed by atoms with E-state index in [2.05, 4.69) is 0 Å². The van der Waals surface area contributed by atoms with Crippen molar-refractivity contribution in [2.24, 2.45) is 0 Å². The van der Waals surface area contributed by atoms with Gasteiger partial charge in [-0.05, 0) is 6.92 Å². The molecular formula is C6H13NO5S. The minimum atomic E-state index is -4.05. The van der Waals surface area contributed by atoms with E-state index >= 15 is 0 Å². The minimum Gasteiger partial charge on any atom is -0.384 e. The fraction of sp³-hybridized carbons (Fsp3) is 0.833. The van der Waals surface area contributed by atoms with Crippen molar-refractivity contribution in [1.29, 1.82) is 0 Å². The van der Waals surface area contributed by atoms with Crippen LogP contribution in [0.5, 0.6) is 0 Å². The number of amides is 1. The van der Waals surface area contributed by atoms with E-state index in [1.165, 1.54) is 14.0 Å². The van der Waals surface area contributed by atoms with Crippen molar-refractivity contribution >= 4 is 16.0 Å². The molecule has 0 heterocycles. The average molecular weight is 211 g/mol. The largest absolute Gasteiger partial charge is 0.384 e. The highest BCUT2D eigenvalue weighted by molar-refractivity contribution is 7.85. The van der Waals surface area contributed by atoms with Gasteiger partial charge in [-0.1, -0.05) is 0 Å². The van der Waals surface area contributed by atoms with Crippen LogP contribution in [0.1, 0.15) is 6.92 Å². The summed E-state index contributed by atoms with van der Waals surface area (Å²) >= 11 is 0. The van der Waals surface area contributed by atoms with Crippen LogP contribution in [0.4, 0.5) is 0 Å². The van der Waals surface area contributed by atoms with Crippen LogP contribution in [-0.4, -0.2) is 54.3 Å². The number of carbonyl (C=O) groups excluding carboxylic acids is 1. The molecule has 0 rings (SSSR count). The van der Waals surface area contributed by atoms with Gasteiger partial charge in [-0.15, -0.1) is 0 Å². The van der Waals surface area contributed by atoms with Crippen LogP contribution in [0.15, 0.2) is 0 Å². The summed E-state index contributed by atoms with van der Waals surface area (Å²) in [5.41, 5.74) is 0. The van der Waals surface area contributed by atoms with Crippen molar-refractivity contribution in [2.75, 3.05) is 19.3 Å². The Morgan fingerprint density at radius 3 is 2.31 bits per heavy atom. The van der Waals surface area contributed by atoms with Gasteiger partial charge in [0.15, 0.2) is 0 Å². The monoisotopic (exact) mass is 211 g/mol. The van der Waals surface area contributed by atoms with Crippen molar-refractivity contribution in [3.63, 3.8) is 0 Å². The van der Waals surface area contributed by atoms with Crippen LogP contribution in [0.2, 0.25) is 0 Å². The molecule has 0 aromatic heterocycles. The Labute approximate surface area is 76.9 Å². The fourth-order valence-corrected chi connectivity index (χ4v) is 1.19. The van der Waals surface area contributed by atoms with E-state index in [9.17, 15) is 13.2 Å². The Hall–Kier alpha value is -0.660. The molecular weight excluding hydrogens is 198 g/mol. The zero-order valence-electron chi connectivity index (χ0n) is 7.47. The van der Waals surface area contributed by atoms with E-state index in [0.717, 1.165) is 4.90 Å². The predicted molar refractivity (Wildman–Crippen MR) is 45.7 cm³/mol. The smallest absolute Gasteiger partial charge is 0.266 e. The first-order valence-corrected chi connectivity index (χ1v) is 5.23. The summed E-state index contributed by atoms with van der Waals surface area (Å²) in [7, 11) is -2.71. The van der Waals surface area contributed by atoms with Gasteiger partial charge in [-0.3, -0.25) is 9.35 Å². The quantitative estimate of drug-likeness (QED) is 0.564. The van der Waals surface area contributed by atoms with Crippen LogP contribution in [0.25, 0.3) is 0 Å². The highest BCUT2D eigenvalue weighted by Gasteiger charge is 2.16. The molecule has 0 radical (unpaired) electrons. The molecule has 13 heavy (non-hydrogen) atoms. The van der Waals surface area contributed by atoms with E-state index < -0.39 is 27.9 Å². The van der Waals surface area contributed by atoms with Crippen molar-refractivity contribution in [3.8, 4) is 0 Å². The third-order valence-corrected chi connectivity index (χ3v) is 2.12. The number of hydrogen-bond acceptors (Lipinski definition) is 4. The van der Waals surface area contributed by atoms with Gasteiger partial charge >= 0.3 is 0 Å². The summed E-state index contributed by atoms with van der Waals surface area (Å²) < 4.78 is 28.9. The van der Waals surface area contributed by atoms with Crippen LogP contribution < -0.4 is 0 Å². The summed E-state index contributed by atoms with van der Waals surface area (Å²) in [6.45, 7) is 1.15. The van der Waals surface area contributed by atoms with Gasteiger partial charge in [-0.25, -0.2) is 0 Å². The molecule has 0 saturated heterocycles. The molecule has 7 heteroatoms. The first kappa shape index (κ1) is 12.3. The zero-order valence-corrected chi connectivity index (χ0v) is 8.28. The van der Waals surface area contributed by atoms with Gasteiger partial charge in [0.05, 0.1) is 5.75 Å². The Bertz CT molecular complexity index is 271. The molecule has 6 nitrogen and oxygen atoms in total. The number of aliphatic hydroxyl groups excluding tert-OH is 1. The number of likely N-dealkylation sites (N-methyl/N-ethyl adjacent to an activating group) is 1. The molecule has 0 aromatic carbocycles. The first-order chi connectivity index (χ1) is 5.74. The predicted octanol–water partition coefficient (Wildman–Crippen LogP) is -1.29. The van der Waals surface area contributed by atoms with Crippen molar-refractivity contribution < 1.29 is 22.9 Å². The molecule has 1 amide bonds. The molecule has 1 unspecified atom stereocenters. The second-order valence-electron chi connectivity index (χ2n) is 2.72. The molecule has 0 aliphatic carbocycles. The summed E-state index contributed by atoms with van der Waals surface area (Å²) in [5, 5.41) is 8.82. The Morgan fingerprint density at radius 2 is 2.00 bits per heavy atom. The Kier molecular flexibility index (Phi) is 4.31. The number of rotatable bonds is 4.